The Hall–Kier alpha value is -1.96. The fourth-order valence-electron chi connectivity index (χ4n) is 2.08. The van der Waals surface area contributed by atoms with E-state index in [1.807, 2.05) is 0 Å². The fraction of sp³-hybridized carbons (Fsp3) is 0.500. The molecule has 0 spiro atoms. The first-order valence-electron chi connectivity index (χ1n) is 7.33. The maximum Gasteiger partial charge on any atom is 0.525 e. The van der Waals surface area contributed by atoms with Crippen LogP contribution in [0.1, 0.15) is 32.3 Å². The third kappa shape index (κ3) is 6.66. The first kappa shape index (κ1) is 20.1. The molecule has 2 N–H and O–H groups in total. The Morgan fingerprint density at radius 2 is 2.08 bits per heavy atom. The van der Waals surface area contributed by atoms with E-state index in [4.69, 9.17) is 14.5 Å². The van der Waals surface area contributed by atoms with Crippen LogP contribution in [0.2, 0.25) is 0 Å². The summed E-state index contributed by atoms with van der Waals surface area (Å²) >= 11 is 0. The fourth-order valence-corrected chi connectivity index (χ4v) is 2.49. The van der Waals surface area contributed by atoms with Gasteiger partial charge in [-0.1, -0.05) is 13.0 Å². The zero-order valence-corrected chi connectivity index (χ0v) is 14.3. The minimum Gasteiger partial charge on any atom is -0.466 e. The van der Waals surface area contributed by atoms with E-state index in [-0.39, 0.29) is 11.9 Å². The average Bonchev–Trinajstić information content (AvgIpc) is 2.47. The standard InChI is InChI=1S/C14H20NO8P/c1-3-22-14(16)10(2)5-4-6-11-7-8-13(23-24(19,20)21)12(9-11)15(17)18/h7-10H,3-6H2,1-2H3,(H2,19,20,21). The minimum absolute atomic E-state index is 0.266. The van der Waals surface area contributed by atoms with Crippen LogP contribution >= 0.6 is 7.82 Å². The second-order valence-corrected chi connectivity index (χ2v) is 6.35. The average molecular weight is 361 g/mol. The van der Waals surface area contributed by atoms with Gasteiger partial charge in [-0.15, -0.1) is 0 Å². The summed E-state index contributed by atoms with van der Waals surface area (Å²) in [5, 5.41) is 11.0. The van der Waals surface area contributed by atoms with Crippen molar-refractivity contribution in [3.63, 3.8) is 0 Å². The molecular formula is C14H20NO8P. The lowest BCUT2D eigenvalue weighted by atomic mass is 10.0. The van der Waals surface area contributed by atoms with E-state index in [0.29, 0.717) is 31.4 Å². The van der Waals surface area contributed by atoms with Crippen molar-refractivity contribution < 1.29 is 33.3 Å². The maximum absolute atomic E-state index is 11.5. The SMILES string of the molecule is CCOC(=O)C(C)CCCc1ccc(OP(=O)(O)O)c([N+](=O)[O-])c1. The quantitative estimate of drug-likeness (QED) is 0.296. The number of benzene rings is 1. The summed E-state index contributed by atoms with van der Waals surface area (Å²) in [7, 11) is -4.88. The molecule has 10 heteroatoms. The molecule has 0 aliphatic rings. The van der Waals surface area contributed by atoms with Gasteiger partial charge in [0.15, 0.2) is 0 Å². The monoisotopic (exact) mass is 361 g/mol. The first-order valence-corrected chi connectivity index (χ1v) is 8.86. The Morgan fingerprint density at radius 3 is 2.62 bits per heavy atom. The molecule has 9 nitrogen and oxygen atoms in total. The molecule has 0 aliphatic carbocycles. The van der Waals surface area contributed by atoms with Crippen LogP contribution in [-0.4, -0.2) is 27.3 Å². The number of ether oxygens (including phenoxy) is 1. The number of esters is 1. The van der Waals surface area contributed by atoms with E-state index in [1.165, 1.54) is 12.1 Å². The number of hydrogen-bond acceptors (Lipinski definition) is 6. The van der Waals surface area contributed by atoms with Gasteiger partial charge in [0, 0.05) is 6.07 Å². The molecule has 0 radical (unpaired) electrons. The Kier molecular flexibility index (Phi) is 7.34. The van der Waals surface area contributed by atoms with Crippen molar-refractivity contribution in [1.29, 1.82) is 0 Å². The van der Waals surface area contributed by atoms with E-state index in [9.17, 15) is 19.5 Å². The van der Waals surface area contributed by atoms with Crippen LogP contribution in [0.15, 0.2) is 18.2 Å². The number of rotatable bonds is 9. The molecule has 0 heterocycles. The van der Waals surface area contributed by atoms with Gasteiger partial charge in [0.1, 0.15) is 0 Å². The lowest BCUT2D eigenvalue weighted by molar-refractivity contribution is -0.385. The molecule has 1 unspecified atom stereocenters. The smallest absolute Gasteiger partial charge is 0.466 e. The van der Waals surface area contributed by atoms with Gasteiger partial charge in [0.05, 0.1) is 17.4 Å². The van der Waals surface area contributed by atoms with E-state index in [0.717, 1.165) is 6.07 Å². The Morgan fingerprint density at radius 1 is 1.42 bits per heavy atom. The van der Waals surface area contributed by atoms with Crippen LogP contribution in [0, 0.1) is 16.0 Å². The summed E-state index contributed by atoms with van der Waals surface area (Å²) in [5.41, 5.74) is 0.0880. The zero-order chi connectivity index (χ0) is 18.3. The predicted molar refractivity (Wildman–Crippen MR) is 84.5 cm³/mol. The van der Waals surface area contributed by atoms with Gasteiger partial charge in [0.25, 0.3) is 0 Å². The predicted octanol–water partition coefficient (Wildman–Crippen LogP) is 2.59. The molecule has 0 amide bonds. The maximum atomic E-state index is 11.5. The third-order valence-electron chi connectivity index (χ3n) is 3.23. The summed E-state index contributed by atoms with van der Waals surface area (Å²) in [6, 6.07) is 3.86. The van der Waals surface area contributed by atoms with Gasteiger partial charge >= 0.3 is 19.5 Å². The number of phosphoric ester groups is 1. The Bertz CT molecular complexity index is 642. The molecule has 1 aromatic carbocycles. The molecule has 0 saturated carbocycles. The van der Waals surface area contributed by atoms with Crippen molar-refractivity contribution in [2.75, 3.05) is 6.61 Å². The highest BCUT2D eigenvalue weighted by Crippen LogP contribution is 2.42. The van der Waals surface area contributed by atoms with Crippen LogP contribution in [0.5, 0.6) is 5.75 Å². The minimum atomic E-state index is -4.88. The first-order chi connectivity index (χ1) is 11.1. The topological polar surface area (TPSA) is 136 Å². The molecular weight excluding hydrogens is 341 g/mol. The lowest BCUT2D eigenvalue weighted by Crippen LogP contribution is -2.14. The second-order valence-electron chi connectivity index (χ2n) is 5.19. The summed E-state index contributed by atoms with van der Waals surface area (Å²) in [6.07, 6.45) is 1.64. The van der Waals surface area contributed by atoms with Crippen molar-refractivity contribution in [2.24, 2.45) is 5.92 Å². The van der Waals surface area contributed by atoms with Crippen molar-refractivity contribution in [3.8, 4) is 5.75 Å². The molecule has 1 rings (SSSR count). The van der Waals surface area contributed by atoms with Gasteiger partial charge in [-0.05, 0) is 37.8 Å². The van der Waals surface area contributed by atoms with E-state index in [1.54, 1.807) is 13.8 Å². The molecule has 1 atom stereocenters. The summed E-state index contributed by atoms with van der Waals surface area (Å²) in [4.78, 5) is 39.3. The van der Waals surface area contributed by atoms with Crippen molar-refractivity contribution in [1.82, 2.24) is 0 Å². The van der Waals surface area contributed by atoms with E-state index in [2.05, 4.69) is 4.52 Å². The van der Waals surface area contributed by atoms with Crippen molar-refractivity contribution in [2.45, 2.75) is 33.1 Å². The normalized spacial score (nSPS) is 12.5. The number of phosphoric acid groups is 1. The van der Waals surface area contributed by atoms with Crippen molar-refractivity contribution >= 4 is 19.5 Å². The number of carbonyl (C=O) groups excluding carboxylic acids is 1. The van der Waals surface area contributed by atoms with Gasteiger partial charge in [-0.2, -0.15) is 0 Å². The van der Waals surface area contributed by atoms with E-state index >= 15 is 0 Å². The number of hydrogen-bond donors (Lipinski definition) is 2. The van der Waals surface area contributed by atoms with Crippen LogP contribution in [0.3, 0.4) is 0 Å². The molecule has 134 valence electrons. The highest BCUT2D eigenvalue weighted by Gasteiger charge is 2.24. The molecule has 24 heavy (non-hydrogen) atoms. The number of nitro benzene ring substituents is 1. The highest BCUT2D eigenvalue weighted by atomic mass is 31.2. The van der Waals surface area contributed by atoms with Crippen molar-refractivity contribution in [3.05, 3.63) is 33.9 Å². The van der Waals surface area contributed by atoms with Crippen LogP contribution in [0.25, 0.3) is 0 Å². The molecule has 1 aromatic rings. The van der Waals surface area contributed by atoms with Crippen LogP contribution < -0.4 is 4.52 Å². The Labute approximate surface area is 139 Å². The van der Waals surface area contributed by atoms with Gasteiger partial charge in [-0.25, -0.2) is 4.57 Å². The summed E-state index contributed by atoms with van der Waals surface area (Å²) < 4.78 is 20.0. The van der Waals surface area contributed by atoms with Gasteiger partial charge < -0.3 is 9.26 Å². The van der Waals surface area contributed by atoms with E-state index < -0.39 is 24.2 Å². The summed E-state index contributed by atoms with van der Waals surface area (Å²) in [6.45, 7) is 3.79. The molecule has 0 aliphatic heterocycles. The molecule has 0 bridgehead atoms. The number of aryl methyl sites for hydroxylation is 1. The number of carbonyl (C=O) groups is 1. The van der Waals surface area contributed by atoms with Crippen LogP contribution in [-0.2, 0) is 20.5 Å². The largest absolute Gasteiger partial charge is 0.525 e. The molecule has 0 aromatic heterocycles. The highest BCUT2D eigenvalue weighted by molar-refractivity contribution is 7.46. The van der Waals surface area contributed by atoms with Gasteiger partial charge in [0.2, 0.25) is 5.75 Å². The molecule has 0 fully saturated rings. The second kappa shape index (κ2) is 8.77. The van der Waals surface area contributed by atoms with Crippen LogP contribution in [0.4, 0.5) is 5.69 Å². The summed E-state index contributed by atoms with van der Waals surface area (Å²) in [5.74, 6) is -1.04. The third-order valence-corrected chi connectivity index (χ3v) is 3.66. The zero-order valence-electron chi connectivity index (χ0n) is 13.4. The number of nitro groups is 1. The number of nitrogens with zero attached hydrogens (tertiary/aromatic N) is 1. The lowest BCUT2D eigenvalue weighted by Gasteiger charge is -2.11. The van der Waals surface area contributed by atoms with Gasteiger partial charge in [-0.3, -0.25) is 24.7 Å². The Balaban J connectivity index is 2.73. The molecule has 0 saturated heterocycles.